The lowest BCUT2D eigenvalue weighted by atomic mass is 10.0. The van der Waals surface area contributed by atoms with Crippen molar-refractivity contribution < 1.29 is 19.1 Å². The van der Waals surface area contributed by atoms with E-state index in [2.05, 4.69) is 5.32 Å². The summed E-state index contributed by atoms with van der Waals surface area (Å²) >= 11 is 0. The van der Waals surface area contributed by atoms with Crippen molar-refractivity contribution in [2.24, 2.45) is 0 Å². The molecule has 1 N–H and O–H groups in total. The van der Waals surface area contributed by atoms with Gasteiger partial charge in [-0.05, 0) is 37.1 Å². The van der Waals surface area contributed by atoms with Gasteiger partial charge in [0.25, 0.3) is 5.91 Å². The Balaban J connectivity index is 1.97. The second-order valence-electron chi connectivity index (χ2n) is 5.75. The molecule has 5 nitrogen and oxygen atoms in total. The van der Waals surface area contributed by atoms with Gasteiger partial charge in [0.15, 0.2) is 12.9 Å². The highest BCUT2D eigenvalue weighted by molar-refractivity contribution is 5.81. The molecule has 0 radical (unpaired) electrons. The molecule has 25 heavy (non-hydrogen) atoms. The predicted molar refractivity (Wildman–Crippen MR) is 96.2 cm³/mol. The van der Waals surface area contributed by atoms with Gasteiger partial charge in [-0.3, -0.25) is 9.59 Å². The summed E-state index contributed by atoms with van der Waals surface area (Å²) in [5.74, 6) is 0.679. The predicted octanol–water partition coefficient (Wildman–Crippen LogP) is 3.46. The molecule has 0 saturated heterocycles. The van der Waals surface area contributed by atoms with Crippen LogP contribution in [0.4, 0.5) is 0 Å². The van der Waals surface area contributed by atoms with Crippen molar-refractivity contribution in [2.45, 2.75) is 26.3 Å². The number of aryl methyl sites for hydroxylation is 1. The molecule has 0 spiro atoms. The third kappa shape index (κ3) is 5.08. The summed E-state index contributed by atoms with van der Waals surface area (Å²) in [6.07, 6.45) is 1.45. The molecule has 132 valence electrons. The van der Waals surface area contributed by atoms with Gasteiger partial charge < -0.3 is 14.8 Å². The van der Waals surface area contributed by atoms with E-state index in [1.807, 2.05) is 38.1 Å². The third-order valence-corrected chi connectivity index (χ3v) is 3.93. The number of hydrogen-bond acceptors (Lipinski definition) is 4. The summed E-state index contributed by atoms with van der Waals surface area (Å²) in [4.78, 5) is 23.3. The number of ether oxygens (including phenoxy) is 2. The number of methoxy groups -OCH3 is 1. The Morgan fingerprint density at radius 3 is 2.52 bits per heavy atom. The Morgan fingerprint density at radius 1 is 1.20 bits per heavy atom. The van der Waals surface area contributed by atoms with Gasteiger partial charge >= 0.3 is 0 Å². The summed E-state index contributed by atoms with van der Waals surface area (Å²) < 4.78 is 10.6. The molecule has 1 amide bonds. The number of nitrogens with one attached hydrogen (secondary N) is 1. The quantitative estimate of drug-likeness (QED) is 0.747. The number of aldehydes is 1. The van der Waals surface area contributed by atoms with Crippen molar-refractivity contribution in [3.8, 4) is 11.5 Å². The van der Waals surface area contributed by atoms with Crippen molar-refractivity contribution in [1.29, 1.82) is 0 Å². The average Bonchev–Trinajstić information content (AvgIpc) is 2.65. The van der Waals surface area contributed by atoms with Crippen LogP contribution in [-0.4, -0.2) is 25.9 Å². The summed E-state index contributed by atoms with van der Waals surface area (Å²) in [5, 5.41) is 2.96. The topological polar surface area (TPSA) is 64.6 Å². The van der Waals surface area contributed by atoms with Crippen molar-refractivity contribution in [2.75, 3.05) is 13.7 Å². The maximum absolute atomic E-state index is 12.2. The summed E-state index contributed by atoms with van der Waals surface area (Å²) in [7, 11) is 1.52. The van der Waals surface area contributed by atoms with Crippen LogP contribution in [0.25, 0.3) is 0 Å². The van der Waals surface area contributed by atoms with Gasteiger partial charge in [0.1, 0.15) is 11.5 Å². The number of rotatable bonds is 8. The second-order valence-corrected chi connectivity index (χ2v) is 5.75. The third-order valence-electron chi connectivity index (χ3n) is 3.93. The number of carbonyl (C=O) groups is 2. The lowest BCUT2D eigenvalue weighted by Gasteiger charge is -2.18. The largest absolute Gasteiger partial charge is 0.497 e. The first-order valence-corrected chi connectivity index (χ1v) is 8.19. The van der Waals surface area contributed by atoms with E-state index in [-0.39, 0.29) is 18.6 Å². The molecule has 2 aromatic rings. The zero-order chi connectivity index (χ0) is 18.2. The molecule has 0 bridgehead atoms. The van der Waals surface area contributed by atoms with E-state index < -0.39 is 0 Å². The maximum Gasteiger partial charge on any atom is 0.258 e. The van der Waals surface area contributed by atoms with Crippen molar-refractivity contribution >= 4 is 12.2 Å². The fourth-order valence-corrected chi connectivity index (χ4v) is 2.48. The minimum atomic E-state index is -0.236. The molecule has 0 heterocycles. The van der Waals surface area contributed by atoms with Crippen LogP contribution in [0.1, 0.15) is 40.9 Å². The fraction of sp³-hybridized carbons (Fsp3) is 0.300. The first-order valence-electron chi connectivity index (χ1n) is 8.19. The summed E-state index contributed by atoms with van der Waals surface area (Å²) in [5.41, 5.74) is 2.58. The number of benzene rings is 2. The molecule has 0 unspecified atom stereocenters. The Bertz CT molecular complexity index is 725. The van der Waals surface area contributed by atoms with Crippen molar-refractivity contribution in [3.63, 3.8) is 0 Å². The number of carbonyl (C=O) groups excluding carboxylic acids is 2. The van der Waals surface area contributed by atoms with E-state index in [1.54, 1.807) is 18.2 Å². The van der Waals surface area contributed by atoms with E-state index in [4.69, 9.17) is 9.47 Å². The lowest BCUT2D eigenvalue weighted by molar-refractivity contribution is -0.123. The normalized spacial score (nSPS) is 11.5. The Kier molecular flexibility index (Phi) is 6.57. The van der Waals surface area contributed by atoms with Gasteiger partial charge in [-0.1, -0.05) is 36.8 Å². The number of hydrogen-bond donors (Lipinski definition) is 1. The molecule has 2 rings (SSSR count). The Labute approximate surface area is 148 Å². The van der Waals surface area contributed by atoms with Crippen LogP contribution in [0.2, 0.25) is 0 Å². The van der Waals surface area contributed by atoms with Crippen LogP contribution in [0.3, 0.4) is 0 Å². The Morgan fingerprint density at radius 2 is 1.92 bits per heavy atom. The first kappa shape index (κ1) is 18.5. The van der Waals surface area contributed by atoms with Crippen LogP contribution in [0.15, 0.2) is 42.5 Å². The molecular weight excluding hydrogens is 318 g/mol. The molecule has 1 atom stereocenters. The highest BCUT2D eigenvalue weighted by Gasteiger charge is 2.14. The van der Waals surface area contributed by atoms with E-state index in [0.29, 0.717) is 23.3 Å². The van der Waals surface area contributed by atoms with E-state index >= 15 is 0 Å². The molecule has 0 saturated carbocycles. The van der Waals surface area contributed by atoms with Gasteiger partial charge in [-0.25, -0.2) is 0 Å². The molecule has 0 aliphatic rings. The fourth-order valence-electron chi connectivity index (χ4n) is 2.48. The second kappa shape index (κ2) is 8.87. The molecule has 2 aromatic carbocycles. The van der Waals surface area contributed by atoms with Crippen molar-refractivity contribution in [3.05, 3.63) is 59.2 Å². The van der Waals surface area contributed by atoms with Crippen LogP contribution in [0, 0.1) is 6.92 Å². The minimum Gasteiger partial charge on any atom is -0.497 e. The Hall–Kier alpha value is -2.82. The molecule has 5 heteroatoms. The highest BCUT2D eigenvalue weighted by Crippen LogP contribution is 2.23. The van der Waals surface area contributed by atoms with E-state index in [0.717, 1.165) is 12.0 Å². The highest BCUT2D eigenvalue weighted by atomic mass is 16.5. The van der Waals surface area contributed by atoms with Crippen LogP contribution in [-0.2, 0) is 4.79 Å². The first-order chi connectivity index (χ1) is 12.1. The van der Waals surface area contributed by atoms with Gasteiger partial charge in [0, 0.05) is 0 Å². The molecule has 0 fully saturated rings. The average molecular weight is 341 g/mol. The zero-order valence-electron chi connectivity index (χ0n) is 14.7. The molecule has 0 aliphatic carbocycles. The maximum atomic E-state index is 12.2. The minimum absolute atomic E-state index is 0.0712. The van der Waals surface area contributed by atoms with Gasteiger partial charge in [-0.15, -0.1) is 0 Å². The van der Waals surface area contributed by atoms with Crippen LogP contribution in [0.5, 0.6) is 11.5 Å². The molecule has 0 aromatic heterocycles. The monoisotopic (exact) mass is 341 g/mol. The van der Waals surface area contributed by atoms with Gasteiger partial charge in [0.05, 0.1) is 18.7 Å². The SMILES string of the molecule is CC[C@H](NC(=O)COc1ccc(OC)cc1C=O)c1ccc(C)cc1. The standard InChI is InChI=1S/C20H23NO4/c1-4-18(15-7-5-14(2)6-8-15)21-20(23)13-25-19-10-9-17(24-3)11-16(19)12-22/h5-12,18H,4,13H2,1-3H3,(H,21,23)/t18-/m0/s1. The summed E-state index contributed by atoms with van der Waals surface area (Å²) in [6, 6.07) is 12.9. The van der Waals surface area contributed by atoms with Crippen LogP contribution >= 0.6 is 0 Å². The van der Waals surface area contributed by atoms with E-state index in [9.17, 15) is 9.59 Å². The van der Waals surface area contributed by atoms with Gasteiger partial charge in [-0.2, -0.15) is 0 Å². The van der Waals surface area contributed by atoms with Crippen LogP contribution < -0.4 is 14.8 Å². The lowest BCUT2D eigenvalue weighted by Crippen LogP contribution is -2.32. The van der Waals surface area contributed by atoms with Crippen molar-refractivity contribution in [1.82, 2.24) is 5.32 Å². The molecule has 0 aliphatic heterocycles. The zero-order valence-corrected chi connectivity index (χ0v) is 14.7. The number of amides is 1. The smallest absolute Gasteiger partial charge is 0.258 e. The molecular formula is C20H23NO4. The van der Waals surface area contributed by atoms with Gasteiger partial charge in [0.2, 0.25) is 0 Å². The van der Waals surface area contributed by atoms with E-state index in [1.165, 1.54) is 12.7 Å². The summed E-state index contributed by atoms with van der Waals surface area (Å²) in [6.45, 7) is 3.88.